The van der Waals surface area contributed by atoms with Crippen LogP contribution in [0.5, 0.6) is 5.75 Å². The SMILES string of the molecule is COc1ccc(C(N)c2nc(N)nc3ccccc23)cc1. The van der Waals surface area contributed by atoms with Crippen molar-refractivity contribution in [1.29, 1.82) is 0 Å². The summed E-state index contributed by atoms with van der Waals surface area (Å²) in [6.07, 6.45) is 0. The van der Waals surface area contributed by atoms with E-state index in [1.54, 1.807) is 7.11 Å². The number of anilines is 1. The predicted octanol–water partition coefficient (Wildman–Crippen LogP) is 2.27. The Kier molecular flexibility index (Phi) is 3.41. The summed E-state index contributed by atoms with van der Waals surface area (Å²) >= 11 is 0. The molecule has 1 aromatic heterocycles. The minimum atomic E-state index is -0.369. The molecule has 21 heavy (non-hydrogen) atoms. The van der Waals surface area contributed by atoms with Crippen LogP contribution in [-0.4, -0.2) is 17.1 Å². The summed E-state index contributed by atoms with van der Waals surface area (Å²) < 4.78 is 5.16. The van der Waals surface area contributed by atoms with Gasteiger partial charge in [-0.15, -0.1) is 0 Å². The van der Waals surface area contributed by atoms with Crippen LogP contribution >= 0.6 is 0 Å². The van der Waals surface area contributed by atoms with Crippen molar-refractivity contribution in [2.75, 3.05) is 12.8 Å². The highest BCUT2D eigenvalue weighted by Gasteiger charge is 2.15. The summed E-state index contributed by atoms with van der Waals surface area (Å²) in [7, 11) is 1.63. The summed E-state index contributed by atoms with van der Waals surface area (Å²) in [6, 6.07) is 14.9. The monoisotopic (exact) mass is 280 g/mol. The van der Waals surface area contributed by atoms with E-state index in [1.807, 2.05) is 48.5 Å². The van der Waals surface area contributed by atoms with Crippen molar-refractivity contribution in [3.63, 3.8) is 0 Å². The first-order chi connectivity index (χ1) is 10.2. The topological polar surface area (TPSA) is 87.0 Å². The zero-order valence-corrected chi connectivity index (χ0v) is 11.7. The maximum absolute atomic E-state index is 6.36. The van der Waals surface area contributed by atoms with Crippen molar-refractivity contribution in [2.24, 2.45) is 5.73 Å². The first kappa shape index (κ1) is 13.3. The third kappa shape index (κ3) is 2.51. The second-order valence-corrected chi connectivity index (χ2v) is 4.74. The predicted molar refractivity (Wildman–Crippen MR) is 83.0 cm³/mol. The molecular weight excluding hydrogens is 264 g/mol. The molecule has 0 saturated heterocycles. The van der Waals surface area contributed by atoms with E-state index < -0.39 is 0 Å². The molecule has 1 heterocycles. The minimum Gasteiger partial charge on any atom is -0.497 e. The molecule has 4 N–H and O–H groups in total. The van der Waals surface area contributed by atoms with Crippen molar-refractivity contribution >= 4 is 16.9 Å². The number of rotatable bonds is 3. The molecule has 2 aromatic carbocycles. The lowest BCUT2D eigenvalue weighted by atomic mass is 10.0. The van der Waals surface area contributed by atoms with Crippen LogP contribution in [0.25, 0.3) is 10.9 Å². The van der Waals surface area contributed by atoms with Gasteiger partial charge in [-0.05, 0) is 23.8 Å². The van der Waals surface area contributed by atoms with Crippen LogP contribution in [0, 0.1) is 0 Å². The second kappa shape index (κ2) is 5.38. The van der Waals surface area contributed by atoms with Crippen LogP contribution in [0.2, 0.25) is 0 Å². The fourth-order valence-corrected chi connectivity index (χ4v) is 2.33. The van der Waals surface area contributed by atoms with Crippen LogP contribution in [0.1, 0.15) is 17.3 Å². The van der Waals surface area contributed by atoms with Gasteiger partial charge < -0.3 is 16.2 Å². The largest absolute Gasteiger partial charge is 0.497 e. The number of fused-ring (bicyclic) bond motifs is 1. The lowest BCUT2D eigenvalue weighted by molar-refractivity contribution is 0.414. The van der Waals surface area contributed by atoms with Gasteiger partial charge in [-0.1, -0.05) is 30.3 Å². The number of aromatic nitrogens is 2. The Hall–Kier alpha value is -2.66. The molecule has 0 bridgehead atoms. The van der Waals surface area contributed by atoms with Gasteiger partial charge in [-0.3, -0.25) is 0 Å². The zero-order chi connectivity index (χ0) is 14.8. The molecular formula is C16H16N4O. The zero-order valence-electron chi connectivity index (χ0n) is 11.7. The molecule has 0 radical (unpaired) electrons. The van der Waals surface area contributed by atoms with Crippen molar-refractivity contribution in [3.8, 4) is 5.75 Å². The molecule has 0 aliphatic rings. The molecule has 0 spiro atoms. The van der Waals surface area contributed by atoms with Gasteiger partial charge in [0.15, 0.2) is 0 Å². The molecule has 0 amide bonds. The maximum atomic E-state index is 6.36. The van der Waals surface area contributed by atoms with Crippen molar-refractivity contribution in [1.82, 2.24) is 9.97 Å². The normalized spacial score (nSPS) is 12.3. The van der Waals surface area contributed by atoms with Gasteiger partial charge in [-0.25, -0.2) is 9.97 Å². The van der Waals surface area contributed by atoms with Gasteiger partial charge in [0.25, 0.3) is 0 Å². The number of hydrogen-bond acceptors (Lipinski definition) is 5. The van der Waals surface area contributed by atoms with Gasteiger partial charge in [0.2, 0.25) is 5.95 Å². The highest BCUT2D eigenvalue weighted by molar-refractivity contribution is 5.82. The van der Waals surface area contributed by atoms with Gasteiger partial charge in [0, 0.05) is 5.39 Å². The third-order valence-corrected chi connectivity index (χ3v) is 3.42. The smallest absolute Gasteiger partial charge is 0.220 e. The summed E-state index contributed by atoms with van der Waals surface area (Å²) in [6.45, 7) is 0. The fraction of sp³-hybridized carbons (Fsp3) is 0.125. The number of benzene rings is 2. The molecule has 0 aliphatic carbocycles. The molecule has 0 fully saturated rings. The fourth-order valence-electron chi connectivity index (χ4n) is 2.33. The van der Waals surface area contributed by atoms with Crippen molar-refractivity contribution < 1.29 is 4.74 Å². The molecule has 1 atom stereocenters. The molecule has 0 saturated carbocycles. The summed E-state index contributed by atoms with van der Waals surface area (Å²) in [4.78, 5) is 8.56. The number of para-hydroxylation sites is 1. The van der Waals surface area contributed by atoms with E-state index in [9.17, 15) is 0 Å². The van der Waals surface area contributed by atoms with Crippen molar-refractivity contribution in [3.05, 3.63) is 59.8 Å². The van der Waals surface area contributed by atoms with E-state index in [-0.39, 0.29) is 12.0 Å². The Morgan fingerprint density at radius 2 is 1.71 bits per heavy atom. The number of nitrogen functional groups attached to an aromatic ring is 1. The first-order valence-electron chi connectivity index (χ1n) is 6.60. The van der Waals surface area contributed by atoms with Crippen LogP contribution in [0.3, 0.4) is 0 Å². The highest BCUT2D eigenvalue weighted by Crippen LogP contribution is 2.26. The van der Waals surface area contributed by atoms with Gasteiger partial charge in [0.1, 0.15) is 5.75 Å². The second-order valence-electron chi connectivity index (χ2n) is 4.74. The van der Waals surface area contributed by atoms with E-state index in [0.717, 1.165) is 27.9 Å². The van der Waals surface area contributed by atoms with Gasteiger partial charge in [-0.2, -0.15) is 0 Å². The van der Waals surface area contributed by atoms with E-state index in [0.29, 0.717) is 0 Å². The maximum Gasteiger partial charge on any atom is 0.220 e. The van der Waals surface area contributed by atoms with Crippen LogP contribution < -0.4 is 16.2 Å². The lowest BCUT2D eigenvalue weighted by Gasteiger charge is -2.15. The molecule has 3 aromatic rings. The number of ether oxygens (including phenoxy) is 1. The van der Waals surface area contributed by atoms with Crippen LogP contribution in [0.15, 0.2) is 48.5 Å². The van der Waals surface area contributed by atoms with Crippen LogP contribution in [-0.2, 0) is 0 Å². The Morgan fingerprint density at radius 1 is 1.00 bits per heavy atom. The third-order valence-electron chi connectivity index (χ3n) is 3.42. The Bertz CT molecular complexity index is 771. The molecule has 106 valence electrons. The number of nitrogens with zero attached hydrogens (tertiary/aromatic N) is 2. The average molecular weight is 280 g/mol. The number of nitrogens with two attached hydrogens (primary N) is 2. The van der Waals surface area contributed by atoms with E-state index >= 15 is 0 Å². The summed E-state index contributed by atoms with van der Waals surface area (Å²) in [5.74, 6) is 1.02. The number of methoxy groups -OCH3 is 1. The molecule has 1 unspecified atom stereocenters. The van der Waals surface area contributed by atoms with Gasteiger partial charge in [0.05, 0.1) is 24.4 Å². The molecule has 0 aliphatic heterocycles. The molecule has 3 rings (SSSR count). The first-order valence-corrected chi connectivity index (χ1v) is 6.60. The quantitative estimate of drug-likeness (QED) is 0.768. The van der Waals surface area contributed by atoms with Gasteiger partial charge >= 0.3 is 0 Å². The van der Waals surface area contributed by atoms with E-state index in [1.165, 1.54) is 0 Å². The summed E-state index contributed by atoms with van der Waals surface area (Å²) in [5.41, 5.74) is 14.6. The lowest BCUT2D eigenvalue weighted by Crippen LogP contribution is -2.15. The highest BCUT2D eigenvalue weighted by atomic mass is 16.5. The van der Waals surface area contributed by atoms with E-state index in [4.69, 9.17) is 16.2 Å². The Labute approximate surface area is 122 Å². The average Bonchev–Trinajstić information content (AvgIpc) is 2.53. The standard InChI is InChI=1S/C16H16N4O/c1-21-11-8-6-10(7-9-11)14(17)15-12-4-2-3-5-13(12)19-16(18)20-15/h2-9,14H,17H2,1H3,(H2,18,19,20). The van der Waals surface area contributed by atoms with Crippen LogP contribution in [0.4, 0.5) is 5.95 Å². The van der Waals surface area contributed by atoms with E-state index in [2.05, 4.69) is 9.97 Å². The number of hydrogen-bond donors (Lipinski definition) is 2. The minimum absolute atomic E-state index is 0.229. The Morgan fingerprint density at radius 3 is 2.43 bits per heavy atom. The van der Waals surface area contributed by atoms with Crippen molar-refractivity contribution in [2.45, 2.75) is 6.04 Å². The summed E-state index contributed by atoms with van der Waals surface area (Å²) in [5, 5.41) is 0.912. The Balaban J connectivity index is 2.09. The molecule has 5 nitrogen and oxygen atoms in total. The molecule has 5 heteroatoms.